The van der Waals surface area contributed by atoms with Crippen LogP contribution in [0.15, 0.2) is 18.3 Å². The summed E-state index contributed by atoms with van der Waals surface area (Å²) >= 11 is 0. The van der Waals surface area contributed by atoms with Gasteiger partial charge in [0.25, 0.3) is 5.91 Å². The van der Waals surface area contributed by atoms with Crippen molar-refractivity contribution in [3.8, 4) is 0 Å². The van der Waals surface area contributed by atoms with E-state index in [1.807, 2.05) is 33.8 Å². The Labute approximate surface area is 161 Å². The van der Waals surface area contributed by atoms with Crippen LogP contribution in [0.1, 0.15) is 57.4 Å². The maximum atomic E-state index is 12.4. The molecule has 0 saturated carbocycles. The van der Waals surface area contributed by atoms with Crippen molar-refractivity contribution in [2.45, 2.75) is 64.4 Å². The van der Waals surface area contributed by atoms with Crippen molar-refractivity contribution in [3.63, 3.8) is 0 Å². The van der Waals surface area contributed by atoms with Gasteiger partial charge in [0.05, 0.1) is 17.8 Å². The molecule has 1 atom stereocenters. The van der Waals surface area contributed by atoms with Gasteiger partial charge in [0, 0.05) is 19.3 Å². The van der Waals surface area contributed by atoms with Crippen molar-refractivity contribution in [1.82, 2.24) is 10.3 Å². The Morgan fingerprint density at radius 2 is 2.04 bits per heavy atom. The summed E-state index contributed by atoms with van der Waals surface area (Å²) in [5, 5.41) is 2.83. The van der Waals surface area contributed by atoms with E-state index in [2.05, 4.69) is 10.3 Å². The quantitative estimate of drug-likeness (QED) is 0.601. The van der Waals surface area contributed by atoms with Crippen molar-refractivity contribution < 1.29 is 23.6 Å². The number of hydrogen-bond donors (Lipinski definition) is 1. The smallest absolute Gasteiger partial charge is 0.399 e. The van der Waals surface area contributed by atoms with Gasteiger partial charge in [-0.3, -0.25) is 9.78 Å². The normalized spacial score (nSPS) is 24.0. The number of aromatic nitrogens is 1. The molecule has 0 aromatic carbocycles. The number of nitrogens with one attached hydrogen (secondary N) is 1. The molecule has 2 saturated heterocycles. The molecule has 2 aliphatic rings. The third-order valence-electron chi connectivity index (χ3n) is 5.37. The Bertz CT molecular complexity index is 645. The molecule has 3 heterocycles. The monoisotopic (exact) mass is 376 g/mol. The maximum Gasteiger partial charge on any atom is 0.494 e. The highest BCUT2D eigenvalue weighted by Gasteiger charge is 2.51. The van der Waals surface area contributed by atoms with Crippen LogP contribution in [0.2, 0.25) is 0 Å². The van der Waals surface area contributed by atoms with Crippen LogP contribution in [0.5, 0.6) is 0 Å². The van der Waals surface area contributed by atoms with E-state index in [1.165, 1.54) is 0 Å². The van der Waals surface area contributed by atoms with Crippen molar-refractivity contribution in [2.24, 2.45) is 0 Å². The molecule has 2 aliphatic heterocycles. The van der Waals surface area contributed by atoms with Gasteiger partial charge >= 0.3 is 7.12 Å². The third-order valence-corrected chi connectivity index (χ3v) is 5.37. The number of ether oxygens (including phenoxy) is 2. The zero-order valence-corrected chi connectivity index (χ0v) is 16.6. The topological polar surface area (TPSA) is 78.9 Å². The van der Waals surface area contributed by atoms with Crippen LogP contribution in [-0.2, 0) is 18.8 Å². The van der Waals surface area contributed by atoms with Crippen LogP contribution >= 0.6 is 0 Å². The number of carbonyl (C=O) groups excluding carboxylic acids is 1. The molecule has 1 aromatic heterocycles. The van der Waals surface area contributed by atoms with Crippen LogP contribution in [0.3, 0.4) is 0 Å². The van der Waals surface area contributed by atoms with E-state index in [0.29, 0.717) is 18.8 Å². The Hall–Kier alpha value is -1.48. The Morgan fingerprint density at radius 1 is 1.30 bits per heavy atom. The summed E-state index contributed by atoms with van der Waals surface area (Å²) in [6, 6.07) is 3.52. The molecular weight excluding hydrogens is 347 g/mol. The zero-order chi connectivity index (χ0) is 19.5. The molecular formula is C19H29BN2O5. The highest BCUT2D eigenvalue weighted by Crippen LogP contribution is 2.36. The standard InChI is InChI=1S/C19H29BN2O5/c1-18(2)19(3,4)27-20(26-18)14-8-9-21-15(13-14)17(23)22-10-12-25-16-7-5-6-11-24-16/h8-9,13,16H,5-7,10-12H2,1-4H3,(H,22,23). The molecule has 1 amide bonds. The van der Waals surface area contributed by atoms with Crippen molar-refractivity contribution in [2.75, 3.05) is 19.8 Å². The number of nitrogens with zero attached hydrogens (tertiary/aromatic N) is 1. The second kappa shape index (κ2) is 8.26. The highest BCUT2D eigenvalue weighted by atomic mass is 16.7. The fourth-order valence-corrected chi connectivity index (χ4v) is 2.98. The van der Waals surface area contributed by atoms with Gasteiger partial charge in [-0.15, -0.1) is 0 Å². The number of hydrogen-bond acceptors (Lipinski definition) is 6. The Kier molecular flexibility index (Phi) is 6.20. The predicted octanol–water partition coefficient (Wildman–Crippen LogP) is 1.65. The van der Waals surface area contributed by atoms with E-state index in [-0.39, 0.29) is 12.2 Å². The molecule has 0 radical (unpaired) electrons. The summed E-state index contributed by atoms with van der Waals surface area (Å²) in [7, 11) is -0.517. The lowest BCUT2D eigenvalue weighted by Gasteiger charge is -2.32. The van der Waals surface area contributed by atoms with Crippen molar-refractivity contribution in [1.29, 1.82) is 0 Å². The molecule has 0 bridgehead atoms. The number of carbonyl (C=O) groups is 1. The minimum atomic E-state index is -0.517. The third kappa shape index (κ3) is 4.87. The molecule has 148 valence electrons. The molecule has 8 heteroatoms. The molecule has 0 spiro atoms. The Morgan fingerprint density at radius 3 is 2.70 bits per heavy atom. The largest absolute Gasteiger partial charge is 0.494 e. The highest BCUT2D eigenvalue weighted by molar-refractivity contribution is 6.62. The van der Waals surface area contributed by atoms with Crippen LogP contribution in [0.25, 0.3) is 0 Å². The van der Waals surface area contributed by atoms with Gasteiger partial charge in [0.2, 0.25) is 0 Å². The van der Waals surface area contributed by atoms with Crippen LogP contribution in [0.4, 0.5) is 0 Å². The number of amides is 1. The second-order valence-corrected chi connectivity index (χ2v) is 7.99. The van der Waals surface area contributed by atoms with Gasteiger partial charge in [0.1, 0.15) is 5.69 Å². The average molecular weight is 376 g/mol. The summed E-state index contributed by atoms with van der Waals surface area (Å²) < 4.78 is 23.2. The first-order valence-corrected chi connectivity index (χ1v) is 9.61. The molecule has 1 aromatic rings. The molecule has 1 N–H and O–H groups in total. The van der Waals surface area contributed by atoms with E-state index in [4.69, 9.17) is 18.8 Å². The number of rotatable bonds is 6. The van der Waals surface area contributed by atoms with Gasteiger partial charge in [-0.1, -0.05) is 0 Å². The molecule has 7 nitrogen and oxygen atoms in total. The lowest BCUT2D eigenvalue weighted by molar-refractivity contribution is -0.161. The summed E-state index contributed by atoms with van der Waals surface area (Å²) in [6.07, 6.45) is 4.56. The Balaban J connectivity index is 1.52. The van der Waals surface area contributed by atoms with Gasteiger partial charge in [-0.25, -0.2) is 0 Å². The van der Waals surface area contributed by atoms with Gasteiger partial charge in [-0.05, 0) is 64.6 Å². The lowest BCUT2D eigenvalue weighted by Crippen LogP contribution is -2.41. The first kappa shape index (κ1) is 20.3. The van der Waals surface area contributed by atoms with Crippen LogP contribution in [-0.4, -0.2) is 55.3 Å². The lowest BCUT2D eigenvalue weighted by atomic mass is 9.79. The van der Waals surface area contributed by atoms with Gasteiger partial charge < -0.3 is 24.1 Å². The number of pyridine rings is 1. The first-order chi connectivity index (χ1) is 12.8. The fraction of sp³-hybridized carbons (Fsp3) is 0.684. The zero-order valence-electron chi connectivity index (χ0n) is 16.6. The van der Waals surface area contributed by atoms with Crippen LogP contribution in [0, 0.1) is 0 Å². The van der Waals surface area contributed by atoms with Crippen LogP contribution < -0.4 is 10.8 Å². The van der Waals surface area contributed by atoms with E-state index < -0.39 is 18.3 Å². The van der Waals surface area contributed by atoms with E-state index in [1.54, 1.807) is 12.3 Å². The van der Waals surface area contributed by atoms with E-state index >= 15 is 0 Å². The second-order valence-electron chi connectivity index (χ2n) is 7.99. The van der Waals surface area contributed by atoms with Crippen molar-refractivity contribution in [3.05, 3.63) is 24.0 Å². The first-order valence-electron chi connectivity index (χ1n) is 9.61. The average Bonchev–Trinajstić information content (AvgIpc) is 2.87. The summed E-state index contributed by atoms with van der Waals surface area (Å²) in [5.41, 5.74) is 0.251. The SMILES string of the molecule is CC1(C)OB(c2ccnc(C(=O)NCCOC3CCCCO3)c2)OC1(C)C. The maximum absolute atomic E-state index is 12.4. The van der Waals surface area contributed by atoms with Gasteiger partial charge in [0.15, 0.2) is 6.29 Å². The summed E-state index contributed by atoms with van der Waals surface area (Å²) in [4.78, 5) is 16.5. The predicted molar refractivity (Wildman–Crippen MR) is 102 cm³/mol. The van der Waals surface area contributed by atoms with E-state index in [0.717, 1.165) is 31.3 Å². The molecule has 3 rings (SSSR count). The fourth-order valence-electron chi connectivity index (χ4n) is 2.98. The summed E-state index contributed by atoms with van der Waals surface area (Å²) in [6.45, 7) is 9.55. The van der Waals surface area contributed by atoms with E-state index in [9.17, 15) is 4.79 Å². The summed E-state index contributed by atoms with van der Waals surface area (Å²) in [5.74, 6) is -0.249. The molecule has 2 fully saturated rings. The van der Waals surface area contributed by atoms with Crippen molar-refractivity contribution >= 4 is 18.5 Å². The molecule has 0 aliphatic carbocycles. The molecule has 27 heavy (non-hydrogen) atoms. The molecule has 1 unspecified atom stereocenters. The minimum Gasteiger partial charge on any atom is -0.399 e. The minimum absolute atomic E-state index is 0.152. The van der Waals surface area contributed by atoms with Gasteiger partial charge in [-0.2, -0.15) is 0 Å².